The normalized spacial score (nSPS) is 19.1. The van der Waals surface area contributed by atoms with Crippen molar-refractivity contribution in [3.8, 4) is 5.75 Å². The summed E-state index contributed by atoms with van der Waals surface area (Å²) in [6.45, 7) is 6.17. The van der Waals surface area contributed by atoms with Gasteiger partial charge < -0.3 is 19.1 Å². The fourth-order valence-corrected chi connectivity index (χ4v) is 4.43. The molecule has 0 saturated carbocycles. The molecule has 1 saturated heterocycles. The summed E-state index contributed by atoms with van der Waals surface area (Å²) in [5, 5.41) is 8.84. The Kier molecular flexibility index (Phi) is 5.25. The molecule has 0 aliphatic carbocycles. The summed E-state index contributed by atoms with van der Waals surface area (Å²) >= 11 is 0. The number of carbonyl (C=O) groups is 2. The molecule has 0 N–H and O–H groups in total. The summed E-state index contributed by atoms with van der Waals surface area (Å²) in [6, 6.07) is 5.53. The van der Waals surface area contributed by atoms with Crippen molar-refractivity contribution in [1.29, 1.82) is 0 Å². The van der Waals surface area contributed by atoms with Gasteiger partial charge in [0.05, 0.1) is 18.7 Å². The van der Waals surface area contributed by atoms with Crippen LogP contribution in [-0.4, -0.2) is 63.1 Å². The Morgan fingerprint density at radius 1 is 1.14 bits per heavy atom. The molecule has 1 aromatic heterocycles. The number of aromatic nitrogens is 3. The van der Waals surface area contributed by atoms with E-state index in [1.807, 2.05) is 34.9 Å². The summed E-state index contributed by atoms with van der Waals surface area (Å²) in [7, 11) is 1.60. The number of amides is 2. The Morgan fingerprint density at radius 3 is 2.72 bits per heavy atom. The minimum atomic E-state index is -0.113. The molecule has 2 amide bonds. The Morgan fingerprint density at radius 2 is 1.97 bits per heavy atom. The fraction of sp³-hybridized carbons (Fsp3) is 0.524. The molecular formula is C21H27N5O3. The molecule has 3 heterocycles. The quantitative estimate of drug-likeness (QED) is 0.791. The minimum Gasteiger partial charge on any atom is -0.496 e. The van der Waals surface area contributed by atoms with Crippen LogP contribution in [0.1, 0.15) is 53.4 Å². The minimum absolute atomic E-state index is 0.0376. The molecule has 1 fully saturated rings. The maximum absolute atomic E-state index is 13.4. The number of likely N-dealkylation sites (tertiary alicyclic amines) is 1. The molecule has 0 radical (unpaired) electrons. The fourth-order valence-electron chi connectivity index (χ4n) is 4.43. The van der Waals surface area contributed by atoms with Crippen LogP contribution in [0, 0.1) is 6.92 Å². The van der Waals surface area contributed by atoms with Crippen LogP contribution in [0.2, 0.25) is 0 Å². The summed E-state index contributed by atoms with van der Waals surface area (Å²) in [4.78, 5) is 28.9. The largest absolute Gasteiger partial charge is 0.496 e. The SMILES string of the molecule is COc1c(C)cccc1C(=O)N1CCC[C@H]1c1nnc2n1CCN(C(C)=O)CC2. The van der Waals surface area contributed by atoms with Crippen molar-refractivity contribution in [1.82, 2.24) is 24.6 Å². The van der Waals surface area contributed by atoms with Crippen molar-refractivity contribution in [3.05, 3.63) is 41.0 Å². The second-order valence-corrected chi connectivity index (χ2v) is 7.69. The van der Waals surface area contributed by atoms with E-state index in [1.165, 1.54) is 0 Å². The van der Waals surface area contributed by atoms with Gasteiger partial charge in [-0.25, -0.2) is 0 Å². The van der Waals surface area contributed by atoms with Gasteiger partial charge >= 0.3 is 0 Å². The lowest BCUT2D eigenvalue weighted by Crippen LogP contribution is -2.33. The van der Waals surface area contributed by atoms with E-state index in [-0.39, 0.29) is 17.9 Å². The van der Waals surface area contributed by atoms with Gasteiger partial charge in [0.15, 0.2) is 5.82 Å². The average Bonchev–Trinajstić information content (AvgIpc) is 3.28. The first-order valence-corrected chi connectivity index (χ1v) is 10.1. The summed E-state index contributed by atoms with van der Waals surface area (Å²) in [5.74, 6) is 2.37. The van der Waals surface area contributed by atoms with Gasteiger partial charge in [-0.1, -0.05) is 12.1 Å². The topological polar surface area (TPSA) is 80.6 Å². The number of carbonyl (C=O) groups excluding carboxylic acids is 2. The van der Waals surface area contributed by atoms with Crippen molar-refractivity contribution in [2.45, 2.75) is 45.7 Å². The molecule has 4 rings (SSSR count). The number of fused-ring (bicyclic) bond motifs is 1. The number of methoxy groups -OCH3 is 1. The van der Waals surface area contributed by atoms with Crippen LogP contribution < -0.4 is 4.74 Å². The molecule has 8 heteroatoms. The number of benzene rings is 1. The zero-order valence-electron chi connectivity index (χ0n) is 17.2. The van der Waals surface area contributed by atoms with Crippen LogP contribution in [0.25, 0.3) is 0 Å². The Labute approximate surface area is 170 Å². The second-order valence-electron chi connectivity index (χ2n) is 7.69. The molecule has 2 aliphatic rings. The highest BCUT2D eigenvalue weighted by atomic mass is 16.5. The maximum Gasteiger partial charge on any atom is 0.258 e. The molecular weight excluding hydrogens is 370 g/mol. The van der Waals surface area contributed by atoms with Crippen molar-refractivity contribution in [2.75, 3.05) is 26.7 Å². The van der Waals surface area contributed by atoms with E-state index >= 15 is 0 Å². The van der Waals surface area contributed by atoms with Gasteiger partial charge in [0.2, 0.25) is 5.91 Å². The van der Waals surface area contributed by atoms with Crippen LogP contribution >= 0.6 is 0 Å². The van der Waals surface area contributed by atoms with E-state index in [2.05, 4.69) is 14.8 Å². The number of ether oxygens (including phenoxy) is 1. The molecule has 1 aromatic carbocycles. The van der Waals surface area contributed by atoms with Crippen molar-refractivity contribution < 1.29 is 14.3 Å². The molecule has 0 spiro atoms. The van der Waals surface area contributed by atoms with Crippen LogP contribution in [0.3, 0.4) is 0 Å². The van der Waals surface area contributed by atoms with Crippen LogP contribution in [-0.2, 0) is 17.8 Å². The summed E-state index contributed by atoms with van der Waals surface area (Å²) in [6.07, 6.45) is 2.46. The van der Waals surface area contributed by atoms with Gasteiger partial charge in [-0.05, 0) is 31.4 Å². The number of nitrogens with zero attached hydrogens (tertiary/aromatic N) is 5. The maximum atomic E-state index is 13.4. The second kappa shape index (κ2) is 7.85. The smallest absolute Gasteiger partial charge is 0.258 e. The molecule has 0 bridgehead atoms. The lowest BCUT2D eigenvalue weighted by molar-refractivity contribution is -0.128. The first-order valence-electron chi connectivity index (χ1n) is 10.1. The lowest BCUT2D eigenvalue weighted by Gasteiger charge is -2.26. The van der Waals surface area contributed by atoms with Crippen molar-refractivity contribution in [3.63, 3.8) is 0 Å². The van der Waals surface area contributed by atoms with Gasteiger partial charge in [-0.15, -0.1) is 10.2 Å². The molecule has 154 valence electrons. The third kappa shape index (κ3) is 3.47. The monoisotopic (exact) mass is 397 g/mol. The van der Waals surface area contributed by atoms with Gasteiger partial charge in [0, 0.05) is 39.5 Å². The molecule has 2 aromatic rings. The highest BCUT2D eigenvalue weighted by molar-refractivity contribution is 5.97. The predicted octanol–water partition coefficient (Wildman–Crippen LogP) is 1.98. The zero-order valence-corrected chi connectivity index (χ0v) is 17.2. The van der Waals surface area contributed by atoms with Gasteiger partial charge in [-0.3, -0.25) is 9.59 Å². The van der Waals surface area contributed by atoms with Gasteiger partial charge in [0.1, 0.15) is 11.6 Å². The van der Waals surface area contributed by atoms with Gasteiger partial charge in [0.25, 0.3) is 5.91 Å². The number of para-hydroxylation sites is 1. The van der Waals surface area contributed by atoms with E-state index in [0.29, 0.717) is 43.9 Å². The van der Waals surface area contributed by atoms with E-state index in [1.54, 1.807) is 14.0 Å². The highest BCUT2D eigenvalue weighted by Crippen LogP contribution is 2.35. The van der Waals surface area contributed by atoms with E-state index in [0.717, 1.165) is 30.1 Å². The number of hydrogen-bond donors (Lipinski definition) is 0. The Hall–Kier alpha value is -2.90. The van der Waals surface area contributed by atoms with Gasteiger partial charge in [-0.2, -0.15) is 0 Å². The molecule has 0 unspecified atom stereocenters. The van der Waals surface area contributed by atoms with Crippen LogP contribution in [0.15, 0.2) is 18.2 Å². The van der Waals surface area contributed by atoms with Crippen LogP contribution in [0.4, 0.5) is 0 Å². The van der Waals surface area contributed by atoms with Crippen molar-refractivity contribution >= 4 is 11.8 Å². The van der Waals surface area contributed by atoms with E-state index < -0.39 is 0 Å². The average molecular weight is 397 g/mol. The van der Waals surface area contributed by atoms with E-state index in [9.17, 15) is 9.59 Å². The van der Waals surface area contributed by atoms with Crippen molar-refractivity contribution in [2.24, 2.45) is 0 Å². The molecule has 1 atom stereocenters. The number of hydrogen-bond acceptors (Lipinski definition) is 5. The first-order chi connectivity index (χ1) is 14.0. The number of aryl methyl sites for hydroxylation is 1. The Balaban J connectivity index is 1.63. The Bertz CT molecular complexity index is 938. The molecule has 29 heavy (non-hydrogen) atoms. The lowest BCUT2D eigenvalue weighted by atomic mass is 10.1. The first kappa shape index (κ1) is 19.4. The summed E-state index contributed by atoms with van der Waals surface area (Å²) in [5.41, 5.74) is 1.52. The highest BCUT2D eigenvalue weighted by Gasteiger charge is 2.36. The predicted molar refractivity (Wildman–Crippen MR) is 107 cm³/mol. The zero-order chi connectivity index (χ0) is 20.5. The molecule has 2 aliphatic heterocycles. The van der Waals surface area contributed by atoms with Crippen LogP contribution in [0.5, 0.6) is 5.75 Å². The third-order valence-electron chi connectivity index (χ3n) is 5.96. The standard InChI is InChI=1S/C21H27N5O3/c1-14-6-4-7-16(19(14)29-3)21(28)25-10-5-8-17(25)20-23-22-18-9-11-24(15(2)27)12-13-26(18)20/h4,6-7,17H,5,8-13H2,1-3H3/t17-/m0/s1. The number of rotatable bonds is 3. The van der Waals surface area contributed by atoms with E-state index in [4.69, 9.17) is 4.74 Å². The summed E-state index contributed by atoms with van der Waals surface area (Å²) < 4.78 is 7.61. The molecule has 8 nitrogen and oxygen atoms in total. The third-order valence-corrected chi connectivity index (χ3v) is 5.96.